The van der Waals surface area contributed by atoms with E-state index in [2.05, 4.69) is 18.3 Å². The van der Waals surface area contributed by atoms with Crippen molar-refractivity contribution in [3.05, 3.63) is 24.2 Å². The van der Waals surface area contributed by atoms with Crippen molar-refractivity contribution in [2.45, 2.75) is 32.2 Å². The van der Waals surface area contributed by atoms with Gasteiger partial charge in [0, 0.05) is 25.4 Å². The van der Waals surface area contributed by atoms with Gasteiger partial charge in [-0.15, -0.1) is 0 Å². The van der Waals surface area contributed by atoms with Crippen molar-refractivity contribution in [1.29, 1.82) is 5.26 Å². The Labute approximate surface area is 84.7 Å². The Morgan fingerprint density at radius 3 is 3.14 bits per heavy atom. The minimum Gasteiger partial charge on any atom is -0.469 e. The van der Waals surface area contributed by atoms with Gasteiger partial charge in [0.1, 0.15) is 5.76 Å². The van der Waals surface area contributed by atoms with Crippen LogP contribution in [0, 0.1) is 11.3 Å². The molecule has 0 fully saturated rings. The molecule has 1 atom stereocenters. The van der Waals surface area contributed by atoms with Gasteiger partial charge in [-0.05, 0) is 25.5 Å². The Morgan fingerprint density at radius 1 is 1.64 bits per heavy atom. The van der Waals surface area contributed by atoms with E-state index in [1.807, 2.05) is 12.1 Å². The molecule has 0 aliphatic carbocycles. The topological polar surface area (TPSA) is 49.0 Å². The molecule has 1 aromatic rings. The van der Waals surface area contributed by atoms with Crippen LogP contribution in [0.4, 0.5) is 0 Å². The van der Waals surface area contributed by atoms with Crippen LogP contribution < -0.4 is 5.32 Å². The monoisotopic (exact) mass is 192 g/mol. The van der Waals surface area contributed by atoms with Gasteiger partial charge in [-0.25, -0.2) is 0 Å². The first-order chi connectivity index (χ1) is 6.83. The van der Waals surface area contributed by atoms with Crippen LogP contribution in [0.15, 0.2) is 22.8 Å². The van der Waals surface area contributed by atoms with Crippen molar-refractivity contribution >= 4 is 0 Å². The van der Waals surface area contributed by atoms with Crippen molar-refractivity contribution in [2.24, 2.45) is 0 Å². The first-order valence-corrected chi connectivity index (χ1v) is 4.95. The number of aryl methyl sites for hydroxylation is 1. The van der Waals surface area contributed by atoms with Crippen molar-refractivity contribution in [3.8, 4) is 6.07 Å². The third kappa shape index (κ3) is 4.11. The van der Waals surface area contributed by atoms with E-state index in [1.54, 1.807) is 6.26 Å². The standard InChI is InChI=1S/C11H16N2O/c1-10(13-8-3-7-12)5-6-11-4-2-9-14-11/h2,4,9-10,13H,3,5-6,8H2,1H3. The molecular weight excluding hydrogens is 176 g/mol. The highest BCUT2D eigenvalue weighted by Crippen LogP contribution is 2.05. The molecule has 1 N–H and O–H groups in total. The maximum atomic E-state index is 8.35. The molecule has 0 saturated heterocycles. The van der Waals surface area contributed by atoms with Crippen LogP contribution in [-0.4, -0.2) is 12.6 Å². The number of nitriles is 1. The van der Waals surface area contributed by atoms with Gasteiger partial charge in [0.05, 0.1) is 12.3 Å². The molecule has 76 valence electrons. The molecule has 0 radical (unpaired) electrons. The lowest BCUT2D eigenvalue weighted by atomic mass is 10.1. The van der Waals surface area contributed by atoms with Crippen LogP contribution in [0.1, 0.15) is 25.5 Å². The summed E-state index contributed by atoms with van der Waals surface area (Å²) in [6.07, 6.45) is 4.26. The van der Waals surface area contributed by atoms with Crippen LogP contribution in [0.3, 0.4) is 0 Å². The van der Waals surface area contributed by atoms with Crippen LogP contribution in [0.25, 0.3) is 0 Å². The zero-order valence-electron chi connectivity index (χ0n) is 8.49. The van der Waals surface area contributed by atoms with Gasteiger partial charge in [-0.3, -0.25) is 0 Å². The number of nitrogens with zero attached hydrogens (tertiary/aromatic N) is 1. The van der Waals surface area contributed by atoms with Crippen molar-refractivity contribution in [1.82, 2.24) is 5.32 Å². The number of hydrogen-bond donors (Lipinski definition) is 1. The smallest absolute Gasteiger partial charge is 0.103 e. The molecule has 3 nitrogen and oxygen atoms in total. The van der Waals surface area contributed by atoms with Crippen molar-refractivity contribution in [3.63, 3.8) is 0 Å². The van der Waals surface area contributed by atoms with Crippen LogP contribution >= 0.6 is 0 Å². The Kier molecular flexibility index (Phi) is 4.81. The summed E-state index contributed by atoms with van der Waals surface area (Å²) in [5.41, 5.74) is 0. The summed E-state index contributed by atoms with van der Waals surface area (Å²) >= 11 is 0. The molecule has 3 heteroatoms. The first kappa shape index (κ1) is 10.8. The average molecular weight is 192 g/mol. The summed E-state index contributed by atoms with van der Waals surface area (Å²) in [5.74, 6) is 1.03. The molecule has 0 aliphatic heterocycles. The van der Waals surface area contributed by atoms with E-state index >= 15 is 0 Å². The minimum atomic E-state index is 0.438. The van der Waals surface area contributed by atoms with E-state index in [9.17, 15) is 0 Å². The van der Waals surface area contributed by atoms with Gasteiger partial charge in [-0.2, -0.15) is 5.26 Å². The van der Waals surface area contributed by atoms with Gasteiger partial charge < -0.3 is 9.73 Å². The lowest BCUT2D eigenvalue weighted by molar-refractivity contribution is 0.463. The summed E-state index contributed by atoms with van der Waals surface area (Å²) < 4.78 is 5.23. The quantitative estimate of drug-likeness (QED) is 0.702. The van der Waals surface area contributed by atoms with Gasteiger partial charge in [0.2, 0.25) is 0 Å². The lowest BCUT2D eigenvalue weighted by Crippen LogP contribution is -2.27. The maximum Gasteiger partial charge on any atom is 0.103 e. The van der Waals surface area contributed by atoms with E-state index in [-0.39, 0.29) is 0 Å². The second-order valence-corrected chi connectivity index (χ2v) is 3.38. The third-order valence-electron chi connectivity index (χ3n) is 2.13. The molecule has 1 unspecified atom stereocenters. The molecule has 1 rings (SSSR count). The average Bonchev–Trinajstić information content (AvgIpc) is 2.68. The molecule has 0 aromatic carbocycles. The molecule has 0 amide bonds. The van der Waals surface area contributed by atoms with Crippen LogP contribution in [0.2, 0.25) is 0 Å². The molecule has 0 aliphatic rings. The summed E-state index contributed by atoms with van der Waals surface area (Å²) in [4.78, 5) is 0. The highest BCUT2D eigenvalue weighted by atomic mass is 16.3. The normalized spacial score (nSPS) is 12.3. The van der Waals surface area contributed by atoms with Gasteiger partial charge in [0.25, 0.3) is 0 Å². The van der Waals surface area contributed by atoms with E-state index in [1.165, 1.54) is 0 Å². The highest BCUT2D eigenvalue weighted by Gasteiger charge is 2.02. The summed E-state index contributed by atoms with van der Waals surface area (Å²) in [6.45, 7) is 2.90. The highest BCUT2D eigenvalue weighted by molar-refractivity contribution is 4.98. The van der Waals surface area contributed by atoms with Gasteiger partial charge >= 0.3 is 0 Å². The predicted octanol–water partition coefficient (Wildman–Crippen LogP) is 2.10. The largest absolute Gasteiger partial charge is 0.469 e. The molecule has 0 spiro atoms. The van der Waals surface area contributed by atoms with Crippen LogP contribution in [-0.2, 0) is 6.42 Å². The van der Waals surface area contributed by atoms with E-state index in [0.29, 0.717) is 12.5 Å². The molecule has 0 bridgehead atoms. The Hall–Kier alpha value is -1.27. The molecule has 1 heterocycles. The fourth-order valence-corrected chi connectivity index (χ4v) is 1.29. The fraction of sp³-hybridized carbons (Fsp3) is 0.545. The van der Waals surface area contributed by atoms with E-state index in [4.69, 9.17) is 9.68 Å². The second-order valence-electron chi connectivity index (χ2n) is 3.38. The molecular formula is C11H16N2O. The molecule has 1 aromatic heterocycles. The van der Waals surface area contributed by atoms with Gasteiger partial charge in [0.15, 0.2) is 0 Å². The fourth-order valence-electron chi connectivity index (χ4n) is 1.29. The lowest BCUT2D eigenvalue weighted by Gasteiger charge is -2.10. The molecule has 14 heavy (non-hydrogen) atoms. The maximum absolute atomic E-state index is 8.35. The number of nitrogens with one attached hydrogen (secondary N) is 1. The van der Waals surface area contributed by atoms with Crippen molar-refractivity contribution < 1.29 is 4.42 Å². The Bertz CT molecular complexity index is 274. The number of furan rings is 1. The zero-order chi connectivity index (χ0) is 10.2. The predicted molar refractivity (Wildman–Crippen MR) is 54.7 cm³/mol. The Balaban J connectivity index is 2.09. The van der Waals surface area contributed by atoms with Gasteiger partial charge in [-0.1, -0.05) is 0 Å². The second kappa shape index (κ2) is 6.22. The minimum absolute atomic E-state index is 0.438. The Morgan fingerprint density at radius 2 is 2.50 bits per heavy atom. The van der Waals surface area contributed by atoms with E-state index in [0.717, 1.165) is 25.1 Å². The van der Waals surface area contributed by atoms with Crippen molar-refractivity contribution in [2.75, 3.05) is 6.54 Å². The number of rotatable bonds is 6. The molecule has 0 saturated carbocycles. The van der Waals surface area contributed by atoms with Crippen LogP contribution in [0.5, 0.6) is 0 Å². The zero-order valence-corrected chi connectivity index (χ0v) is 8.49. The summed E-state index contributed by atoms with van der Waals surface area (Å²) in [5, 5.41) is 11.6. The first-order valence-electron chi connectivity index (χ1n) is 4.95. The third-order valence-corrected chi connectivity index (χ3v) is 2.13. The van der Waals surface area contributed by atoms with E-state index < -0.39 is 0 Å². The number of hydrogen-bond acceptors (Lipinski definition) is 3. The summed E-state index contributed by atoms with van der Waals surface area (Å²) in [7, 11) is 0. The SMILES string of the molecule is CC(CCc1ccco1)NCCC#N. The summed E-state index contributed by atoms with van der Waals surface area (Å²) in [6, 6.07) is 6.44.